The first-order chi connectivity index (χ1) is 11.3. The molecule has 130 valence electrons. The van der Waals surface area contributed by atoms with Crippen molar-refractivity contribution >= 4 is 17.6 Å². The molecule has 0 aliphatic heterocycles. The van der Waals surface area contributed by atoms with Crippen LogP contribution in [0.5, 0.6) is 0 Å². The number of pyridine rings is 1. The van der Waals surface area contributed by atoms with Crippen LogP contribution >= 0.6 is 0 Å². The number of aliphatic hydroxyl groups is 1. The third-order valence-corrected chi connectivity index (χ3v) is 3.81. The summed E-state index contributed by atoms with van der Waals surface area (Å²) in [6.07, 6.45) is 7.01. The number of anilines is 1. The molecule has 0 spiro atoms. The summed E-state index contributed by atoms with van der Waals surface area (Å²) < 4.78 is 0. The molecule has 0 radical (unpaired) electrons. The number of carbonyl (C=O) groups excluding carboxylic acids is 1. The Balaban J connectivity index is 1.83. The first-order valence-corrected chi connectivity index (χ1v) is 8.02. The van der Waals surface area contributed by atoms with E-state index in [0.29, 0.717) is 11.6 Å². The maximum atomic E-state index is 11.7. The van der Waals surface area contributed by atoms with Gasteiger partial charge in [-0.1, -0.05) is 0 Å². The summed E-state index contributed by atoms with van der Waals surface area (Å²) in [5, 5.41) is 15.6. The van der Waals surface area contributed by atoms with Crippen LogP contribution in [0.25, 0.3) is 0 Å². The van der Waals surface area contributed by atoms with Crippen LogP contribution in [-0.2, 0) is 5.60 Å². The fourth-order valence-electron chi connectivity index (χ4n) is 2.16. The van der Waals surface area contributed by atoms with Crippen molar-refractivity contribution in [2.75, 3.05) is 5.32 Å². The highest BCUT2D eigenvalue weighted by molar-refractivity contribution is 5.99. The smallest absolute Gasteiger partial charge is 0.343 e. The molecule has 24 heavy (non-hydrogen) atoms. The van der Waals surface area contributed by atoms with Crippen LogP contribution in [0.2, 0.25) is 0 Å². The minimum absolute atomic E-state index is 0.115. The van der Waals surface area contributed by atoms with Crippen molar-refractivity contribution in [1.82, 2.24) is 10.3 Å². The lowest BCUT2D eigenvalue weighted by molar-refractivity contribution is 0.0739. The van der Waals surface area contributed by atoms with Gasteiger partial charge in [-0.15, -0.1) is 0 Å². The Hall–Kier alpha value is -2.41. The molecule has 7 heteroatoms. The van der Waals surface area contributed by atoms with Gasteiger partial charge >= 0.3 is 6.03 Å². The van der Waals surface area contributed by atoms with Crippen LogP contribution in [-0.4, -0.2) is 28.0 Å². The molecular formula is C17H25N5O2. The lowest BCUT2D eigenvalue weighted by Gasteiger charge is -2.16. The molecule has 0 saturated heterocycles. The van der Waals surface area contributed by atoms with Gasteiger partial charge < -0.3 is 21.5 Å². The van der Waals surface area contributed by atoms with E-state index in [1.807, 2.05) is 6.92 Å². The van der Waals surface area contributed by atoms with Crippen LogP contribution in [0.4, 0.5) is 10.5 Å². The number of hydrogen-bond acceptors (Lipinski definition) is 4. The van der Waals surface area contributed by atoms with Crippen molar-refractivity contribution in [3.63, 3.8) is 0 Å². The van der Waals surface area contributed by atoms with E-state index in [4.69, 9.17) is 5.73 Å². The van der Waals surface area contributed by atoms with Gasteiger partial charge in [-0.05, 0) is 57.7 Å². The molecule has 1 heterocycles. The Morgan fingerprint density at radius 2 is 2.21 bits per heavy atom. The SMILES string of the molecule is C[C@H](NC(=O)N=C(N)/C=C\Nc1ccc(C(C)(C)O)nc1)C1CC1. The lowest BCUT2D eigenvalue weighted by Crippen LogP contribution is -2.33. The summed E-state index contributed by atoms with van der Waals surface area (Å²) in [4.78, 5) is 19.6. The number of nitrogens with one attached hydrogen (secondary N) is 2. The monoisotopic (exact) mass is 331 g/mol. The fourth-order valence-corrected chi connectivity index (χ4v) is 2.16. The number of rotatable bonds is 6. The summed E-state index contributed by atoms with van der Waals surface area (Å²) in [6.45, 7) is 5.33. The summed E-state index contributed by atoms with van der Waals surface area (Å²) in [5.74, 6) is 0.686. The van der Waals surface area contributed by atoms with Gasteiger partial charge in [-0.2, -0.15) is 4.99 Å². The van der Waals surface area contributed by atoms with Crippen LogP contribution in [0.15, 0.2) is 35.6 Å². The zero-order valence-corrected chi connectivity index (χ0v) is 14.3. The van der Waals surface area contributed by atoms with Crippen molar-refractivity contribution in [2.24, 2.45) is 16.6 Å². The number of urea groups is 1. The van der Waals surface area contributed by atoms with Crippen molar-refractivity contribution < 1.29 is 9.90 Å². The number of aromatic nitrogens is 1. The minimum atomic E-state index is -0.976. The quantitative estimate of drug-likeness (QED) is 0.471. The molecule has 5 N–H and O–H groups in total. The molecule has 1 aliphatic carbocycles. The summed E-state index contributed by atoms with van der Waals surface area (Å²) in [7, 11) is 0. The van der Waals surface area contributed by atoms with E-state index in [-0.39, 0.29) is 11.9 Å². The molecule has 0 unspecified atom stereocenters. The van der Waals surface area contributed by atoms with Crippen molar-refractivity contribution in [2.45, 2.75) is 45.3 Å². The van der Waals surface area contributed by atoms with Crippen molar-refractivity contribution in [3.05, 3.63) is 36.3 Å². The molecular weight excluding hydrogens is 306 g/mol. The highest BCUT2D eigenvalue weighted by Gasteiger charge is 2.28. The normalized spacial score (nSPS) is 16.9. The predicted octanol–water partition coefficient (Wildman–Crippen LogP) is 2.10. The first-order valence-electron chi connectivity index (χ1n) is 8.02. The van der Waals surface area contributed by atoms with Crippen LogP contribution in [0.1, 0.15) is 39.3 Å². The molecule has 0 bridgehead atoms. The average Bonchev–Trinajstić information content (AvgIpc) is 3.31. The molecule has 1 aliphatic rings. The van der Waals surface area contributed by atoms with Gasteiger partial charge in [-0.3, -0.25) is 4.98 Å². The second kappa shape index (κ2) is 7.44. The van der Waals surface area contributed by atoms with E-state index in [9.17, 15) is 9.90 Å². The van der Waals surface area contributed by atoms with Crippen molar-refractivity contribution in [1.29, 1.82) is 0 Å². The van der Waals surface area contributed by atoms with Gasteiger partial charge in [0.2, 0.25) is 0 Å². The standard InChI is InChI=1S/C17H25N5O2/c1-11(12-4-5-12)21-16(23)22-15(18)8-9-19-13-6-7-14(20-10-13)17(2,3)24/h6-12,19,24H,4-5H2,1-3H3,(H3,18,21,22,23)/b9-8-/t11-/m0/s1. The Morgan fingerprint density at radius 3 is 2.75 bits per heavy atom. The maximum absolute atomic E-state index is 11.7. The van der Waals surface area contributed by atoms with E-state index in [2.05, 4.69) is 20.6 Å². The van der Waals surface area contributed by atoms with E-state index in [1.165, 1.54) is 6.08 Å². The molecule has 1 aromatic rings. The number of carbonyl (C=O) groups is 1. The van der Waals surface area contributed by atoms with Gasteiger partial charge in [0.15, 0.2) is 0 Å². The fraction of sp³-hybridized carbons (Fsp3) is 0.471. The maximum Gasteiger partial charge on any atom is 0.343 e. The Morgan fingerprint density at radius 1 is 1.50 bits per heavy atom. The van der Waals surface area contributed by atoms with Crippen LogP contribution < -0.4 is 16.4 Å². The van der Waals surface area contributed by atoms with Gasteiger partial charge in [0.1, 0.15) is 11.4 Å². The summed E-state index contributed by atoms with van der Waals surface area (Å²) >= 11 is 0. The molecule has 1 saturated carbocycles. The number of amidine groups is 1. The molecule has 1 aromatic heterocycles. The Kier molecular flexibility index (Phi) is 5.56. The largest absolute Gasteiger partial charge is 0.384 e. The molecule has 2 amide bonds. The van der Waals surface area contributed by atoms with Crippen LogP contribution in [0, 0.1) is 5.92 Å². The van der Waals surface area contributed by atoms with Gasteiger partial charge in [-0.25, -0.2) is 4.79 Å². The average molecular weight is 331 g/mol. The molecule has 1 fully saturated rings. The summed E-state index contributed by atoms with van der Waals surface area (Å²) in [5.41, 5.74) is 6.04. The number of amides is 2. The van der Waals surface area contributed by atoms with Gasteiger partial charge in [0, 0.05) is 12.2 Å². The predicted molar refractivity (Wildman–Crippen MR) is 94.6 cm³/mol. The molecule has 0 aromatic carbocycles. The summed E-state index contributed by atoms with van der Waals surface area (Å²) in [6, 6.07) is 3.24. The highest BCUT2D eigenvalue weighted by atomic mass is 16.3. The Labute approximate surface area is 142 Å². The van der Waals surface area contributed by atoms with E-state index in [1.54, 1.807) is 38.4 Å². The van der Waals surface area contributed by atoms with E-state index in [0.717, 1.165) is 18.5 Å². The van der Waals surface area contributed by atoms with Crippen molar-refractivity contribution in [3.8, 4) is 0 Å². The highest BCUT2D eigenvalue weighted by Crippen LogP contribution is 2.32. The Bertz CT molecular complexity index is 627. The second-order valence-electron chi connectivity index (χ2n) is 6.58. The lowest BCUT2D eigenvalue weighted by atomic mass is 10.1. The van der Waals surface area contributed by atoms with Crippen LogP contribution in [0.3, 0.4) is 0 Å². The third-order valence-electron chi connectivity index (χ3n) is 3.81. The third kappa shape index (κ3) is 5.66. The van der Waals surface area contributed by atoms with Gasteiger partial charge in [0.25, 0.3) is 0 Å². The molecule has 2 rings (SSSR count). The van der Waals surface area contributed by atoms with E-state index < -0.39 is 11.6 Å². The zero-order chi connectivity index (χ0) is 17.7. The number of nitrogens with two attached hydrogens (primary N) is 1. The van der Waals surface area contributed by atoms with E-state index >= 15 is 0 Å². The number of nitrogens with zero attached hydrogens (tertiary/aromatic N) is 2. The zero-order valence-electron chi connectivity index (χ0n) is 14.3. The molecule has 1 atom stereocenters. The first kappa shape index (κ1) is 17.9. The minimum Gasteiger partial charge on any atom is -0.384 e. The topological polar surface area (TPSA) is 113 Å². The molecule has 7 nitrogen and oxygen atoms in total. The number of hydrogen-bond donors (Lipinski definition) is 4. The van der Waals surface area contributed by atoms with Gasteiger partial charge in [0.05, 0.1) is 17.6 Å². The number of aliphatic imine (C=N–C) groups is 1. The second-order valence-corrected chi connectivity index (χ2v) is 6.58.